The van der Waals surface area contributed by atoms with Crippen LogP contribution in [0.15, 0.2) is 41.8 Å². The molecule has 2 atom stereocenters. The Morgan fingerprint density at radius 3 is 2.56 bits per heavy atom. The van der Waals surface area contributed by atoms with E-state index in [0.29, 0.717) is 31.9 Å². The van der Waals surface area contributed by atoms with E-state index in [0.717, 1.165) is 64.8 Å². The maximum absolute atomic E-state index is 12.8. The largest absolute Gasteiger partial charge is 0.488 e. The minimum atomic E-state index is -0.653. The molecular weight excluding hydrogens is 538 g/mol. The second kappa shape index (κ2) is 12.6. The average molecular weight is 578 g/mol. The Morgan fingerprint density at radius 2 is 1.88 bits per heavy atom. The number of thiazole rings is 1. The van der Waals surface area contributed by atoms with Gasteiger partial charge in [-0.25, -0.2) is 4.98 Å². The summed E-state index contributed by atoms with van der Waals surface area (Å²) in [6.07, 6.45) is 1.96. The lowest BCUT2D eigenvalue weighted by Gasteiger charge is -2.35. The Balaban J connectivity index is 1.27. The Bertz CT molecular complexity index is 1390. The van der Waals surface area contributed by atoms with E-state index in [4.69, 9.17) is 14.5 Å². The van der Waals surface area contributed by atoms with Crippen LogP contribution >= 0.6 is 11.3 Å². The zero-order chi connectivity index (χ0) is 29.1. The Morgan fingerprint density at radius 1 is 1.12 bits per heavy atom. The van der Waals surface area contributed by atoms with Crippen LogP contribution in [0.1, 0.15) is 46.8 Å². The molecule has 2 aliphatic rings. The zero-order valence-electron chi connectivity index (χ0n) is 24.3. The van der Waals surface area contributed by atoms with E-state index in [1.807, 2.05) is 44.2 Å². The molecule has 1 saturated carbocycles. The monoisotopic (exact) mass is 577 g/mol. The van der Waals surface area contributed by atoms with Gasteiger partial charge in [0, 0.05) is 49.8 Å². The topological polar surface area (TPSA) is 92.2 Å². The molecule has 218 valence electrons. The minimum absolute atomic E-state index is 0.0272. The first-order valence-electron chi connectivity index (χ1n) is 14.3. The van der Waals surface area contributed by atoms with Gasteiger partial charge < -0.3 is 24.4 Å². The summed E-state index contributed by atoms with van der Waals surface area (Å²) in [5.41, 5.74) is 5.59. The van der Waals surface area contributed by atoms with Crippen LogP contribution in [0.5, 0.6) is 5.75 Å². The summed E-state index contributed by atoms with van der Waals surface area (Å²) >= 11 is 1.60. The van der Waals surface area contributed by atoms with Crippen LogP contribution in [0.25, 0.3) is 11.3 Å². The van der Waals surface area contributed by atoms with E-state index < -0.39 is 5.97 Å². The van der Waals surface area contributed by atoms with E-state index in [-0.39, 0.29) is 23.7 Å². The Labute approximate surface area is 245 Å². The summed E-state index contributed by atoms with van der Waals surface area (Å²) < 4.78 is 11.7. The highest BCUT2D eigenvalue weighted by molar-refractivity contribution is 7.14. The van der Waals surface area contributed by atoms with Crippen LogP contribution in [0, 0.1) is 31.6 Å². The lowest BCUT2D eigenvalue weighted by Crippen LogP contribution is -2.44. The van der Waals surface area contributed by atoms with Crippen molar-refractivity contribution in [2.24, 2.45) is 17.8 Å². The standard InChI is InChI=1S/C32H39N3O5S/c1-5-39-13-12-34(4)30(36)22-7-10-25(21(3)15-22)18-40-28-11-6-20(2)14-26(28)27-19-41-32(33-27)35-16-23-8-9-24(17-35)29(23)31(37)38/h6-7,10-11,14-15,19,23-24,29H,5,8-9,12-13,16-18H2,1-4H3,(H,37,38)/t23-,24-/m0/s1. The fourth-order valence-corrected chi connectivity index (χ4v) is 6.95. The molecule has 41 heavy (non-hydrogen) atoms. The highest BCUT2D eigenvalue weighted by atomic mass is 32.1. The normalized spacial score (nSPS) is 19.8. The first-order valence-corrected chi connectivity index (χ1v) is 15.2. The van der Waals surface area contributed by atoms with Crippen molar-refractivity contribution in [2.75, 3.05) is 44.8 Å². The molecule has 2 aromatic carbocycles. The molecule has 1 amide bonds. The average Bonchev–Trinajstić information content (AvgIpc) is 3.55. The quantitative estimate of drug-likeness (QED) is 0.294. The predicted molar refractivity (Wildman–Crippen MR) is 161 cm³/mol. The highest BCUT2D eigenvalue weighted by Gasteiger charge is 2.46. The molecule has 5 rings (SSSR count). The molecule has 1 aliphatic heterocycles. The van der Waals surface area contributed by atoms with E-state index in [9.17, 15) is 14.7 Å². The fourth-order valence-electron chi connectivity index (χ4n) is 6.10. The Kier molecular flexibility index (Phi) is 8.94. The van der Waals surface area contributed by atoms with Crippen molar-refractivity contribution >= 4 is 28.3 Å². The molecule has 1 N–H and O–H groups in total. The van der Waals surface area contributed by atoms with Crippen molar-refractivity contribution in [2.45, 2.75) is 40.2 Å². The van der Waals surface area contributed by atoms with Crippen molar-refractivity contribution < 1.29 is 24.2 Å². The zero-order valence-corrected chi connectivity index (χ0v) is 25.1. The number of rotatable bonds is 11. The van der Waals surface area contributed by atoms with Gasteiger partial charge in [-0.05, 0) is 80.8 Å². The first kappa shape index (κ1) is 29.1. The molecule has 3 aromatic rings. The first-order chi connectivity index (χ1) is 19.7. The van der Waals surface area contributed by atoms with Gasteiger partial charge in [0.1, 0.15) is 12.4 Å². The highest BCUT2D eigenvalue weighted by Crippen LogP contribution is 2.44. The number of aryl methyl sites for hydroxylation is 2. The number of carbonyl (C=O) groups excluding carboxylic acids is 1. The smallest absolute Gasteiger partial charge is 0.307 e. The van der Waals surface area contributed by atoms with Gasteiger partial charge in [0.05, 0.1) is 18.2 Å². The van der Waals surface area contributed by atoms with Gasteiger partial charge >= 0.3 is 5.97 Å². The van der Waals surface area contributed by atoms with Crippen molar-refractivity contribution in [3.63, 3.8) is 0 Å². The molecular formula is C32H39N3O5S. The fraction of sp³-hybridized carbons (Fsp3) is 0.469. The summed E-state index contributed by atoms with van der Waals surface area (Å²) in [6, 6.07) is 11.9. The molecule has 8 nitrogen and oxygen atoms in total. The molecule has 0 unspecified atom stereocenters. The van der Waals surface area contributed by atoms with Crippen molar-refractivity contribution in [3.8, 4) is 17.0 Å². The number of hydrogen-bond acceptors (Lipinski definition) is 7. The van der Waals surface area contributed by atoms with E-state index in [2.05, 4.69) is 23.3 Å². The van der Waals surface area contributed by atoms with E-state index in [1.165, 1.54) is 0 Å². The number of hydrogen-bond donors (Lipinski definition) is 1. The summed E-state index contributed by atoms with van der Waals surface area (Å²) in [7, 11) is 1.79. The number of carbonyl (C=O) groups is 2. The lowest BCUT2D eigenvalue weighted by molar-refractivity contribution is -0.144. The van der Waals surface area contributed by atoms with Crippen LogP contribution in [0.2, 0.25) is 0 Å². The molecule has 9 heteroatoms. The maximum Gasteiger partial charge on any atom is 0.307 e. The van der Waals surface area contributed by atoms with Gasteiger partial charge in [0.2, 0.25) is 0 Å². The third-order valence-electron chi connectivity index (χ3n) is 8.39. The van der Waals surface area contributed by atoms with Crippen LogP contribution < -0.4 is 9.64 Å². The third-order valence-corrected chi connectivity index (χ3v) is 9.29. The van der Waals surface area contributed by atoms with Crippen LogP contribution in [0.3, 0.4) is 0 Å². The van der Waals surface area contributed by atoms with Gasteiger partial charge in [-0.15, -0.1) is 11.3 Å². The van der Waals surface area contributed by atoms with Crippen molar-refractivity contribution in [1.82, 2.24) is 9.88 Å². The number of fused-ring (bicyclic) bond motifs is 2. The van der Waals surface area contributed by atoms with Crippen molar-refractivity contribution in [1.29, 1.82) is 0 Å². The number of carboxylic acid groups (broad SMARTS) is 1. The van der Waals surface area contributed by atoms with Gasteiger partial charge in [-0.2, -0.15) is 0 Å². The number of aromatic nitrogens is 1. The molecule has 0 radical (unpaired) electrons. The summed E-state index contributed by atoms with van der Waals surface area (Å²) in [5, 5.41) is 12.7. The third kappa shape index (κ3) is 6.41. The number of amides is 1. The number of likely N-dealkylation sites (N-methyl/N-ethyl adjacent to an activating group) is 1. The molecule has 2 bridgehead atoms. The van der Waals surface area contributed by atoms with Gasteiger partial charge in [-0.1, -0.05) is 17.7 Å². The number of ether oxygens (including phenoxy) is 2. The summed E-state index contributed by atoms with van der Waals surface area (Å²) in [6.45, 7) is 9.57. The van der Waals surface area contributed by atoms with Crippen LogP contribution in [-0.4, -0.2) is 66.8 Å². The molecule has 1 saturated heterocycles. The van der Waals surface area contributed by atoms with Gasteiger partial charge in [-0.3, -0.25) is 9.59 Å². The number of aliphatic carboxylic acids is 1. The molecule has 2 fully saturated rings. The lowest BCUT2D eigenvalue weighted by atomic mass is 9.85. The number of piperidine rings is 1. The maximum atomic E-state index is 12.8. The van der Waals surface area contributed by atoms with Gasteiger partial charge in [0.15, 0.2) is 5.13 Å². The van der Waals surface area contributed by atoms with E-state index >= 15 is 0 Å². The second-order valence-electron chi connectivity index (χ2n) is 11.2. The number of benzene rings is 2. The molecule has 1 aromatic heterocycles. The van der Waals surface area contributed by atoms with Crippen LogP contribution in [0.4, 0.5) is 5.13 Å². The number of nitrogens with zero attached hydrogens (tertiary/aromatic N) is 3. The minimum Gasteiger partial charge on any atom is -0.488 e. The molecule has 1 aliphatic carbocycles. The number of anilines is 1. The summed E-state index contributed by atoms with van der Waals surface area (Å²) in [5.74, 6) is 0.237. The Hall–Kier alpha value is -3.43. The summed E-state index contributed by atoms with van der Waals surface area (Å²) in [4.78, 5) is 33.5. The van der Waals surface area contributed by atoms with Gasteiger partial charge in [0.25, 0.3) is 5.91 Å². The molecule has 0 spiro atoms. The SMILES string of the molecule is CCOCCN(C)C(=O)c1ccc(COc2ccc(C)cc2-c2csc(N3C[C@@H]4CC[C@@H](C3)C4C(=O)O)n2)c(C)c1. The number of carboxylic acids is 1. The van der Waals surface area contributed by atoms with Crippen LogP contribution in [-0.2, 0) is 16.1 Å². The predicted octanol–water partition coefficient (Wildman–Crippen LogP) is 5.66. The van der Waals surface area contributed by atoms with Crippen molar-refractivity contribution in [3.05, 3.63) is 64.0 Å². The second-order valence-corrected chi connectivity index (χ2v) is 12.1. The van der Waals surface area contributed by atoms with E-state index in [1.54, 1.807) is 23.3 Å². The molecule has 2 heterocycles.